The van der Waals surface area contributed by atoms with E-state index in [2.05, 4.69) is 9.97 Å². The highest BCUT2D eigenvalue weighted by atomic mass is 32.1. The fourth-order valence-electron chi connectivity index (χ4n) is 1.21. The quantitative estimate of drug-likeness (QED) is 0.881. The van der Waals surface area contributed by atoms with Crippen LogP contribution in [0.15, 0.2) is 23.7 Å². The van der Waals surface area contributed by atoms with Crippen molar-refractivity contribution >= 4 is 17.3 Å². The minimum absolute atomic E-state index is 0.0332. The van der Waals surface area contributed by atoms with Gasteiger partial charge in [-0.25, -0.2) is 14.8 Å². The van der Waals surface area contributed by atoms with Crippen molar-refractivity contribution in [1.82, 2.24) is 9.97 Å². The first-order valence-corrected chi connectivity index (χ1v) is 5.28. The normalized spacial score (nSPS) is 10.1. The van der Waals surface area contributed by atoms with Gasteiger partial charge >= 0.3 is 5.97 Å². The Bertz CT molecular complexity index is 524. The fraction of sp³-hybridized carbons (Fsp3) is 0.100. The molecule has 2 rings (SSSR count). The van der Waals surface area contributed by atoms with E-state index in [0.717, 1.165) is 0 Å². The molecule has 5 nitrogen and oxygen atoms in total. The van der Waals surface area contributed by atoms with Crippen molar-refractivity contribution in [2.45, 2.75) is 0 Å². The summed E-state index contributed by atoms with van der Waals surface area (Å²) in [7, 11) is 1.51. The number of carboxylic acid groups (broad SMARTS) is 1. The van der Waals surface area contributed by atoms with Gasteiger partial charge in [0.2, 0.25) is 5.88 Å². The molecule has 0 spiro atoms. The van der Waals surface area contributed by atoms with Crippen molar-refractivity contribution in [2.24, 2.45) is 0 Å². The van der Waals surface area contributed by atoms with Gasteiger partial charge in [0.05, 0.1) is 12.7 Å². The highest BCUT2D eigenvalue weighted by Gasteiger charge is 2.13. The standard InChI is InChI=1S/C10H8N2O3S/c1-15-8-6(3-2-4-11-8)9-12-7(5-16-9)10(13)14/h2-5H,1H3,(H,13,14). The SMILES string of the molecule is COc1ncccc1-c1nc(C(=O)O)cs1. The molecular formula is C10H8N2O3S. The molecule has 2 aromatic rings. The molecule has 0 aliphatic heterocycles. The first kappa shape index (κ1) is 10.6. The molecule has 2 heterocycles. The first-order chi connectivity index (χ1) is 7.72. The maximum Gasteiger partial charge on any atom is 0.355 e. The number of methoxy groups -OCH3 is 1. The first-order valence-electron chi connectivity index (χ1n) is 4.40. The predicted octanol–water partition coefficient (Wildman–Crippen LogP) is 1.91. The lowest BCUT2D eigenvalue weighted by atomic mass is 10.3. The van der Waals surface area contributed by atoms with Gasteiger partial charge in [0, 0.05) is 11.6 Å². The van der Waals surface area contributed by atoms with Gasteiger partial charge in [0.15, 0.2) is 5.69 Å². The number of thiazole rings is 1. The highest BCUT2D eigenvalue weighted by molar-refractivity contribution is 7.13. The number of carboxylic acids is 1. The van der Waals surface area contributed by atoms with Crippen molar-refractivity contribution in [1.29, 1.82) is 0 Å². The van der Waals surface area contributed by atoms with Gasteiger partial charge in [-0.15, -0.1) is 11.3 Å². The molecule has 0 saturated carbocycles. The zero-order valence-corrected chi connectivity index (χ0v) is 9.19. The van der Waals surface area contributed by atoms with Crippen LogP contribution in [0, 0.1) is 0 Å². The van der Waals surface area contributed by atoms with Crippen molar-refractivity contribution in [3.8, 4) is 16.5 Å². The van der Waals surface area contributed by atoms with Gasteiger partial charge in [-0.2, -0.15) is 0 Å². The number of aromatic carboxylic acids is 1. The second-order valence-corrected chi connectivity index (χ2v) is 3.76. The Balaban J connectivity index is 2.46. The minimum atomic E-state index is -1.04. The van der Waals surface area contributed by atoms with Crippen LogP contribution in [-0.2, 0) is 0 Å². The summed E-state index contributed by atoms with van der Waals surface area (Å²) in [5.74, 6) is -0.598. The molecule has 0 unspecified atom stereocenters. The molecular weight excluding hydrogens is 228 g/mol. The lowest BCUT2D eigenvalue weighted by molar-refractivity contribution is 0.0691. The molecule has 0 fully saturated rings. The summed E-state index contributed by atoms with van der Waals surface area (Å²) in [4.78, 5) is 18.7. The molecule has 0 aliphatic carbocycles. The number of carbonyl (C=O) groups is 1. The van der Waals surface area contributed by atoms with E-state index in [1.54, 1.807) is 18.3 Å². The molecule has 0 saturated heterocycles. The van der Waals surface area contributed by atoms with Crippen molar-refractivity contribution < 1.29 is 14.6 Å². The molecule has 0 aromatic carbocycles. The maximum absolute atomic E-state index is 10.7. The Morgan fingerprint density at radius 1 is 1.56 bits per heavy atom. The summed E-state index contributed by atoms with van der Waals surface area (Å²) >= 11 is 1.25. The largest absolute Gasteiger partial charge is 0.480 e. The lowest BCUT2D eigenvalue weighted by Gasteiger charge is -2.02. The van der Waals surface area contributed by atoms with E-state index in [1.165, 1.54) is 23.8 Å². The van der Waals surface area contributed by atoms with E-state index in [0.29, 0.717) is 16.5 Å². The second-order valence-electron chi connectivity index (χ2n) is 2.90. The molecule has 0 amide bonds. The molecule has 2 aromatic heterocycles. The Hall–Kier alpha value is -1.95. The fourth-order valence-corrected chi connectivity index (χ4v) is 2.02. The smallest absolute Gasteiger partial charge is 0.355 e. The maximum atomic E-state index is 10.7. The number of hydrogen-bond acceptors (Lipinski definition) is 5. The van der Waals surface area contributed by atoms with Crippen molar-refractivity contribution in [3.63, 3.8) is 0 Å². The van der Waals surface area contributed by atoms with Crippen LogP contribution in [0.25, 0.3) is 10.6 Å². The number of hydrogen-bond donors (Lipinski definition) is 1. The predicted molar refractivity (Wildman–Crippen MR) is 58.9 cm³/mol. The second kappa shape index (κ2) is 4.28. The number of aromatic nitrogens is 2. The van der Waals surface area contributed by atoms with Gasteiger partial charge in [-0.1, -0.05) is 0 Å². The number of nitrogens with zero attached hydrogens (tertiary/aromatic N) is 2. The lowest BCUT2D eigenvalue weighted by Crippen LogP contribution is -1.96. The van der Waals surface area contributed by atoms with Gasteiger partial charge in [-0.05, 0) is 12.1 Å². The van der Waals surface area contributed by atoms with Crippen LogP contribution < -0.4 is 4.74 Å². The van der Waals surface area contributed by atoms with Crippen LogP contribution >= 0.6 is 11.3 Å². The molecule has 6 heteroatoms. The third-order valence-electron chi connectivity index (χ3n) is 1.92. The Labute approximate surface area is 95.4 Å². The third kappa shape index (κ3) is 1.87. The summed E-state index contributed by atoms with van der Waals surface area (Å²) in [6.45, 7) is 0. The summed E-state index contributed by atoms with van der Waals surface area (Å²) < 4.78 is 5.08. The summed E-state index contributed by atoms with van der Waals surface area (Å²) in [5, 5.41) is 10.8. The van der Waals surface area contributed by atoms with Crippen molar-refractivity contribution in [3.05, 3.63) is 29.4 Å². The van der Waals surface area contributed by atoms with E-state index in [-0.39, 0.29) is 5.69 Å². The average Bonchev–Trinajstić information content (AvgIpc) is 2.78. The Kier molecular flexibility index (Phi) is 2.82. The van der Waals surface area contributed by atoms with Gasteiger partial charge in [0.25, 0.3) is 0 Å². The third-order valence-corrected chi connectivity index (χ3v) is 2.79. The van der Waals surface area contributed by atoms with Gasteiger partial charge in [-0.3, -0.25) is 0 Å². The topological polar surface area (TPSA) is 72.3 Å². The van der Waals surface area contributed by atoms with E-state index < -0.39 is 5.97 Å². The zero-order chi connectivity index (χ0) is 11.5. The average molecular weight is 236 g/mol. The highest BCUT2D eigenvalue weighted by Crippen LogP contribution is 2.29. The Morgan fingerprint density at radius 2 is 2.38 bits per heavy atom. The van der Waals surface area contributed by atoms with Crippen LogP contribution in [-0.4, -0.2) is 28.2 Å². The minimum Gasteiger partial charge on any atom is -0.480 e. The van der Waals surface area contributed by atoms with Crippen LogP contribution in [0.3, 0.4) is 0 Å². The van der Waals surface area contributed by atoms with E-state index in [9.17, 15) is 4.79 Å². The van der Waals surface area contributed by atoms with Crippen LogP contribution in [0.5, 0.6) is 5.88 Å². The monoisotopic (exact) mass is 236 g/mol. The number of pyridine rings is 1. The van der Waals surface area contributed by atoms with Gasteiger partial charge < -0.3 is 9.84 Å². The van der Waals surface area contributed by atoms with Gasteiger partial charge in [0.1, 0.15) is 5.01 Å². The summed E-state index contributed by atoms with van der Waals surface area (Å²) in [6, 6.07) is 3.54. The van der Waals surface area contributed by atoms with Crippen molar-refractivity contribution in [2.75, 3.05) is 7.11 Å². The Morgan fingerprint density at radius 3 is 3.00 bits per heavy atom. The zero-order valence-electron chi connectivity index (χ0n) is 8.38. The molecule has 0 aliphatic rings. The number of rotatable bonds is 3. The van der Waals surface area contributed by atoms with E-state index >= 15 is 0 Å². The molecule has 1 N–H and O–H groups in total. The molecule has 0 bridgehead atoms. The van der Waals surface area contributed by atoms with Crippen LogP contribution in [0.4, 0.5) is 0 Å². The molecule has 0 radical (unpaired) electrons. The molecule has 0 atom stereocenters. The summed E-state index contributed by atoms with van der Waals surface area (Å²) in [6.07, 6.45) is 1.61. The van der Waals surface area contributed by atoms with Crippen LogP contribution in [0.1, 0.15) is 10.5 Å². The van der Waals surface area contributed by atoms with E-state index in [4.69, 9.17) is 9.84 Å². The molecule has 82 valence electrons. The van der Waals surface area contributed by atoms with Crippen LogP contribution in [0.2, 0.25) is 0 Å². The van der Waals surface area contributed by atoms with E-state index in [1.807, 2.05) is 0 Å². The summed E-state index contributed by atoms with van der Waals surface area (Å²) in [5.41, 5.74) is 0.730. The molecule has 16 heavy (non-hydrogen) atoms. The number of ether oxygens (including phenoxy) is 1.